The summed E-state index contributed by atoms with van der Waals surface area (Å²) in [6.07, 6.45) is 1.03. The predicted octanol–water partition coefficient (Wildman–Crippen LogP) is 1.75. The van der Waals surface area contributed by atoms with Crippen LogP contribution in [0.15, 0.2) is 29.5 Å². The van der Waals surface area contributed by atoms with Gasteiger partial charge in [-0.05, 0) is 35.3 Å². The smallest absolute Gasteiger partial charge is 0.262 e. The maximum atomic E-state index is 13.3. The highest BCUT2D eigenvalue weighted by atomic mass is 16.2. The monoisotopic (exact) mass is 350 g/mol. The first-order valence-corrected chi connectivity index (χ1v) is 8.58. The van der Waals surface area contributed by atoms with Crippen LogP contribution in [-0.2, 0) is 15.1 Å². The summed E-state index contributed by atoms with van der Waals surface area (Å²) in [4.78, 5) is 26.5. The average molecular weight is 350 g/mol. The molecule has 2 N–H and O–H groups in total. The number of amides is 1. The van der Waals surface area contributed by atoms with Crippen molar-refractivity contribution < 1.29 is 9.59 Å². The van der Waals surface area contributed by atoms with Crippen LogP contribution in [0.25, 0.3) is 0 Å². The highest BCUT2D eigenvalue weighted by Crippen LogP contribution is 2.52. The van der Waals surface area contributed by atoms with Crippen LogP contribution in [0.3, 0.4) is 0 Å². The van der Waals surface area contributed by atoms with E-state index in [1.165, 1.54) is 4.68 Å². The molecule has 3 aliphatic rings. The first-order chi connectivity index (χ1) is 12.3. The summed E-state index contributed by atoms with van der Waals surface area (Å²) in [6, 6.07) is 5.73. The standard InChI is InChI=1S/C18H18N6O2/c1-9-4-5-11-10(6-9)18(15(26)19-11)14-12(7-17(2,3)8-13(14)25)20-16-21-22-23-24(16)18/h4-6H,7-8H2,1-3H3,(H,19,26)(H,20,21,23). The summed E-state index contributed by atoms with van der Waals surface area (Å²) in [5.74, 6) is 0.0295. The number of carbonyl (C=O) groups excluding carboxylic acids is 2. The number of fused-ring (bicyclic) bond motifs is 5. The maximum absolute atomic E-state index is 13.3. The zero-order chi connectivity index (χ0) is 18.3. The topological polar surface area (TPSA) is 102 Å². The van der Waals surface area contributed by atoms with Crippen LogP contribution in [0.2, 0.25) is 0 Å². The van der Waals surface area contributed by atoms with Gasteiger partial charge in [-0.25, -0.2) is 0 Å². The number of benzene rings is 1. The summed E-state index contributed by atoms with van der Waals surface area (Å²) < 4.78 is 1.45. The number of tetrazole rings is 1. The van der Waals surface area contributed by atoms with E-state index in [4.69, 9.17) is 0 Å². The summed E-state index contributed by atoms with van der Waals surface area (Å²) >= 11 is 0. The SMILES string of the molecule is Cc1ccc2c(c1)C1(C(=O)N2)C2=C(CC(C)(C)CC2=O)Nc2nnnn21. The van der Waals surface area contributed by atoms with Crippen LogP contribution in [0.1, 0.15) is 37.8 Å². The first kappa shape index (κ1) is 15.2. The number of nitrogens with zero attached hydrogens (tertiary/aromatic N) is 4. The molecule has 1 aromatic heterocycles. The first-order valence-electron chi connectivity index (χ1n) is 8.58. The van der Waals surface area contributed by atoms with Gasteiger partial charge in [0.25, 0.3) is 5.91 Å². The van der Waals surface area contributed by atoms with E-state index in [2.05, 4.69) is 26.2 Å². The van der Waals surface area contributed by atoms with E-state index in [0.717, 1.165) is 16.8 Å². The lowest BCUT2D eigenvalue weighted by atomic mass is 9.68. The van der Waals surface area contributed by atoms with Gasteiger partial charge < -0.3 is 10.6 Å². The second-order valence-electron chi connectivity index (χ2n) is 8.05. The Labute approximate surface area is 149 Å². The Balaban J connectivity index is 1.89. The van der Waals surface area contributed by atoms with Gasteiger partial charge in [0.05, 0.1) is 5.57 Å². The van der Waals surface area contributed by atoms with Crippen molar-refractivity contribution >= 4 is 23.3 Å². The molecule has 1 unspecified atom stereocenters. The van der Waals surface area contributed by atoms with Crippen molar-refractivity contribution in [3.8, 4) is 0 Å². The molecule has 0 saturated carbocycles. The van der Waals surface area contributed by atoms with Crippen molar-refractivity contribution in [2.75, 3.05) is 10.6 Å². The average Bonchev–Trinajstić information content (AvgIpc) is 3.10. The molecule has 8 heteroatoms. The van der Waals surface area contributed by atoms with Crippen molar-refractivity contribution in [1.82, 2.24) is 20.2 Å². The molecule has 0 radical (unpaired) electrons. The molecule has 26 heavy (non-hydrogen) atoms. The third kappa shape index (κ3) is 1.71. The summed E-state index contributed by atoms with van der Waals surface area (Å²) in [6.45, 7) is 6.06. The number of nitrogens with one attached hydrogen (secondary N) is 2. The molecule has 2 aromatic rings. The van der Waals surface area contributed by atoms with E-state index in [-0.39, 0.29) is 17.1 Å². The van der Waals surface area contributed by atoms with E-state index < -0.39 is 5.54 Å². The molecule has 2 aliphatic heterocycles. The Morgan fingerprint density at radius 2 is 1.96 bits per heavy atom. The molecule has 0 bridgehead atoms. The van der Waals surface area contributed by atoms with Gasteiger partial charge in [0.1, 0.15) is 0 Å². The molecule has 8 nitrogen and oxygen atoms in total. The second-order valence-corrected chi connectivity index (χ2v) is 8.05. The molecular weight excluding hydrogens is 332 g/mol. The largest absolute Gasteiger partial charge is 0.326 e. The van der Waals surface area contributed by atoms with Crippen LogP contribution < -0.4 is 10.6 Å². The Morgan fingerprint density at radius 3 is 2.77 bits per heavy atom. The Hall–Kier alpha value is -3.03. The van der Waals surface area contributed by atoms with Gasteiger partial charge in [0.15, 0.2) is 5.78 Å². The quantitative estimate of drug-likeness (QED) is 0.750. The molecule has 0 fully saturated rings. The van der Waals surface area contributed by atoms with Crippen LogP contribution in [-0.4, -0.2) is 31.9 Å². The highest BCUT2D eigenvalue weighted by molar-refractivity contribution is 6.17. The third-order valence-corrected chi connectivity index (χ3v) is 5.43. The van der Waals surface area contributed by atoms with Gasteiger partial charge in [0.2, 0.25) is 11.5 Å². The molecule has 1 aliphatic carbocycles. The van der Waals surface area contributed by atoms with Gasteiger partial charge in [-0.2, -0.15) is 4.68 Å². The van der Waals surface area contributed by atoms with E-state index in [0.29, 0.717) is 30.1 Å². The lowest BCUT2D eigenvalue weighted by molar-refractivity contribution is -0.125. The fraction of sp³-hybridized carbons (Fsp3) is 0.389. The number of Topliss-reactive ketones (excluding diaryl/α,β-unsaturated/α-hetero) is 1. The van der Waals surface area contributed by atoms with Gasteiger partial charge in [-0.15, -0.1) is 0 Å². The van der Waals surface area contributed by atoms with E-state index in [9.17, 15) is 9.59 Å². The molecule has 3 heterocycles. The van der Waals surface area contributed by atoms with Crippen molar-refractivity contribution in [3.05, 3.63) is 40.6 Å². The van der Waals surface area contributed by atoms with Gasteiger partial charge in [-0.1, -0.05) is 36.6 Å². The normalized spacial score (nSPS) is 25.5. The lowest BCUT2D eigenvalue weighted by Gasteiger charge is -2.41. The molecule has 132 valence electrons. The van der Waals surface area contributed by atoms with Crippen molar-refractivity contribution in [2.24, 2.45) is 5.41 Å². The van der Waals surface area contributed by atoms with Crippen LogP contribution >= 0.6 is 0 Å². The third-order valence-electron chi connectivity index (χ3n) is 5.43. The van der Waals surface area contributed by atoms with Crippen molar-refractivity contribution in [3.63, 3.8) is 0 Å². The zero-order valence-corrected chi connectivity index (χ0v) is 14.8. The minimum Gasteiger partial charge on any atom is -0.326 e. The van der Waals surface area contributed by atoms with Crippen LogP contribution in [0.4, 0.5) is 11.6 Å². The number of hydrogen-bond acceptors (Lipinski definition) is 6. The van der Waals surface area contributed by atoms with Crippen LogP contribution in [0.5, 0.6) is 0 Å². The lowest BCUT2D eigenvalue weighted by Crippen LogP contribution is -2.52. The highest BCUT2D eigenvalue weighted by Gasteiger charge is 2.60. The zero-order valence-electron chi connectivity index (χ0n) is 14.8. The minimum atomic E-state index is -1.35. The van der Waals surface area contributed by atoms with Crippen LogP contribution in [0, 0.1) is 12.3 Å². The minimum absolute atomic E-state index is 0.0468. The number of anilines is 2. The van der Waals surface area contributed by atoms with E-state index in [1.54, 1.807) is 0 Å². The van der Waals surface area contributed by atoms with Gasteiger partial charge in [-0.3, -0.25) is 9.59 Å². The summed E-state index contributed by atoms with van der Waals surface area (Å²) in [7, 11) is 0. The van der Waals surface area contributed by atoms with Gasteiger partial charge in [0, 0.05) is 23.4 Å². The number of carbonyl (C=O) groups is 2. The molecule has 1 aromatic carbocycles. The number of aromatic nitrogens is 4. The Morgan fingerprint density at radius 1 is 1.15 bits per heavy atom. The number of hydrogen-bond donors (Lipinski definition) is 2. The number of rotatable bonds is 0. The van der Waals surface area contributed by atoms with E-state index in [1.807, 2.05) is 39.0 Å². The Kier molecular flexibility index (Phi) is 2.68. The molecule has 1 amide bonds. The summed E-state index contributed by atoms with van der Waals surface area (Å²) in [5.41, 5.74) is 2.06. The molecule has 1 atom stereocenters. The van der Waals surface area contributed by atoms with Crippen molar-refractivity contribution in [2.45, 2.75) is 39.2 Å². The van der Waals surface area contributed by atoms with Crippen molar-refractivity contribution in [1.29, 1.82) is 0 Å². The fourth-order valence-electron chi connectivity index (χ4n) is 4.44. The predicted molar refractivity (Wildman–Crippen MR) is 93.4 cm³/mol. The molecule has 0 saturated heterocycles. The fourth-order valence-corrected chi connectivity index (χ4v) is 4.44. The number of ketones is 1. The molecular formula is C18H18N6O2. The summed E-state index contributed by atoms with van der Waals surface area (Å²) in [5, 5.41) is 18.0. The number of allylic oxidation sites excluding steroid dienone is 1. The number of aryl methyl sites for hydroxylation is 1. The molecule has 1 spiro atoms. The van der Waals surface area contributed by atoms with Gasteiger partial charge >= 0.3 is 0 Å². The Bertz CT molecular complexity index is 1030. The second kappa shape index (κ2) is 4.57. The molecule has 5 rings (SSSR count). The van der Waals surface area contributed by atoms with E-state index >= 15 is 0 Å². The maximum Gasteiger partial charge on any atom is 0.262 e.